The highest BCUT2D eigenvalue weighted by molar-refractivity contribution is 6.40. The van der Waals surface area contributed by atoms with Crippen LogP contribution >= 0.6 is 11.6 Å². The van der Waals surface area contributed by atoms with Gasteiger partial charge in [0, 0.05) is 22.7 Å². The SMILES string of the molecule is CC(C)(C)OC(=O)c1ccc(NC(=O)C(Cc2ccccc2)NC(=O)C(=O)Nc2cc(Cl)ccc2-c2nn[nH]n2)cc1. The van der Waals surface area contributed by atoms with Gasteiger partial charge in [-0.2, -0.15) is 5.21 Å². The number of ether oxygens (including phenoxy) is 1. The zero-order valence-electron chi connectivity index (χ0n) is 23.0. The maximum absolute atomic E-state index is 13.3. The van der Waals surface area contributed by atoms with Crippen LogP contribution in [0.25, 0.3) is 11.4 Å². The molecule has 0 fully saturated rings. The van der Waals surface area contributed by atoms with E-state index in [1.807, 2.05) is 6.07 Å². The highest BCUT2D eigenvalue weighted by Gasteiger charge is 2.26. The lowest BCUT2D eigenvalue weighted by Gasteiger charge is -2.20. The molecule has 0 bridgehead atoms. The summed E-state index contributed by atoms with van der Waals surface area (Å²) in [4.78, 5) is 51.5. The van der Waals surface area contributed by atoms with Gasteiger partial charge in [-0.25, -0.2) is 4.79 Å². The molecule has 4 aromatic rings. The standard InChI is InChI=1S/C29H28ClN7O5/c1-29(2,3)42-28(41)18-9-12-20(13-10-18)31-25(38)23(15-17-7-5-4-6-8-17)33-27(40)26(39)32-22-16-19(30)11-14-21(22)24-34-36-37-35-24/h4-14,16,23H,15H2,1-3H3,(H,31,38)(H,32,39)(H,33,40)(H,34,35,36,37). The number of amides is 3. The number of aromatic nitrogens is 4. The van der Waals surface area contributed by atoms with Crippen LogP contribution in [0.3, 0.4) is 0 Å². The Kier molecular flexibility index (Phi) is 9.28. The summed E-state index contributed by atoms with van der Waals surface area (Å²) in [5, 5.41) is 21.7. The number of H-pyrrole nitrogens is 1. The van der Waals surface area contributed by atoms with Crippen molar-refractivity contribution in [1.82, 2.24) is 25.9 Å². The minimum atomic E-state index is -1.12. The Morgan fingerprint density at radius 2 is 1.64 bits per heavy atom. The van der Waals surface area contributed by atoms with Crippen molar-refractivity contribution in [1.29, 1.82) is 0 Å². The van der Waals surface area contributed by atoms with Crippen molar-refractivity contribution in [3.8, 4) is 11.4 Å². The largest absolute Gasteiger partial charge is 0.456 e. The lowest BCUT2D eigenvalue weighted by molar-refractivity contribution is -0.137. The summed E-state index contributed by atoms with van der Waals surface area (Å²) >= 11 is 6.09. The van der Waals surface area contributed by atoms with Crippen molar-refractivity contribution in [2.45, 2.75) is 38.8 Å². The van der Waals surface area contributed by atoms with Crippen molar-refractivity contribution in [2.24, 2.45) is 0 Å². The zero-order chi connectivity index (χ0) is 30.3. The molecule has 42 heavy (non-hydrogen) atoms. The minimum absolute atomic E-state index is 0.104. The van der Waals surface area contributed by atoms with E-state index in [9.17, 15) is 19.2 Å². The third-order valence-corrected chi connectivity index (χ3v) is 5.95. The van der Waals surface area contributed by atoms with Crippen LogP contribution in [-0.2, 0) is 25.5 Å². The lowest BCUT2D eigenvalue weighted by Crippen LogP contribution is -2.48. The quantitative estimate of drug-likeness (QED) is 0.178. The van der Waals surface area contributed by atoms with Gasteiger partial charge in [0.15, 0.2) is 0 Å². The van der Waals surface area contributed by atoms with Gasteiger partial charge in [-0.3, -0.25) is 14.4 Å². The lowest BCUT2D eigenvalue weighted by atomic mass is 10.0. The number of esters is 1. The Bertz CT molecular complexity index is 1570. The minimum Gasteiger partial charge on any atom is -0.456 e. The molecule has 1 atom stereocenters. The first-order valence-electron chi connectivity index (χ1n) is 12.8. The van der Waals surface area contributed by atoms with E-state index < -0.39 is 35.3 Å². The zero-order valence-corrected chi connectivity index (χ0v) is 23.7. The Balaban J connectivity index is 1.48. The summed E-state index contributed by atoms with van der Waals surface area (Å²) in [5.41, 5.74) is 1.36. The van der Waals surface area contributed by atoms with Gasteiger partial charge in [-0.1, -0.05) is 41.9 Å². The molecule has 216 valence electrons. The first-order chi connectivity index (χ1) is 20.0. The number of nitrogens with zero attached hydrogens (tertiary/aromatic N) is 3. The Labute approximate surface area is 246 Å². The number of benzene rings is 3. The monoisotopic (exact) mass is 589 g/mol. The maximum Gasteiger partial charge on any atom is 0.338 e. The van der Waals surface area contributed by atoms with Gasteiger partial charge in [-0.05, 0) is 74.0 Å². The molecule has 0 aliphatic heterocycles. The van der Waals surface area contributed by atoms with Crippen LogP contribution in [0.1, 0.15) is 36.7 Å². The molecule has 1 unspecified atom stereocenters. The Morgan fingerprint density at radius 1 is 0.929 bits per heavy atom. The number of hydrogen-bond acceptors (Lipinski definition) is 8. The Morgan fingerprint density at radius 3 is 2.29 bits per heavy atom. The fourth-order valence-corrected chi connectivity index (χ4v) is 3.98. The van der Waals surface area contributed by atoms with Crippen molar-refractivity contribution < 1.29 is 23.9 Å². The number of anilines is 2. The van der Waals surface area contributed by atoms with Crippen molar-refractivity contribution >= 4 is 46.7 Å². The molecule has 1 heterocycles. The average molecular weight is 590 g/mol. The molecule has 0 aliphatic carbocycles. The fourth-order valence-electron chi connectivity index (χ4n) is 3.81. The van der Waals surface area contributed by atoms with Gasteiger partial charge >= 0.3 is 17.8 Å². The summed E-state index contributed by atoms with van der Waals surface area (Å²) in [5.74, 6) is -2.97. The smallest absolute Gasteiger partial charge is 0.338 e. The molecule has 0 radical (unpaired) electrons. The first kappa shape index (κ1) is 29.9. The van der Waals surface area contributed by atoms with Crippen molar-refractivity contribution in [3.63, 3.8) is 0 Å². The first-order valence-corrected chi connectivity index (χ1v) is 13.2. The second-order valence-corrected chi connectivity index (χ2v) is 10.6. The number of carbonyl (C=O) groups excluding carboxylic acids is 4. The van der Waals surface area contributed by atoms with Gasteiger partial charge in [0.05, 0.1) is 11.3 Å². The predicted octanol–water partition coefficient (Wildman–Crippen LogP) is 3.78. The normalized spacial score (nSPS) is 11.7. The van der Waals surface area contributed by atoms with E-state index in [1.54, 1.807) is 69.3 Å². The third kappa shape index (κ3) is 8.21. The molecule has 4 N–H and O–H groups in total. The third-order valence-electron chi connectivity index (χ3n) is 5.71. The number of aromatic amines is 1. The van der Waals surface area contributed by atoms with Gasteiger partial charge in [0.25, 0.3) is 0 Å². The molecule has 1 aromatic heterocycles. The molecule has 0 saturated heterocycles. The molecule has 4 rings (SSSR count). The van der Waals surface area contributed by atoms with E-state index in [1.165, 1.54) is 18.2 Å². The van der Waals surface area contributed by atoms with Crippen LogP contribution in [0.5, 0.6) is 0 Å². The van der Waals surface area contributed by atoms with E-state index in [0.29, 0.717) is 21.8 Å². The summed E-state index contributed by atoms with van der Waals surface area (Å²) in [6.45, 7) is 5.30. The molecule has 3 aromatic carbocycles. The number of nitrogens with one attached hydrogen (secondary N) is 4. The number of tetrazole rings is 1. The second-order valence-electron chi connectivity index (χ2n) is 10.2. The van der Waals surface area contributed by atoms with Gasteiger partial charge in [0.2, 0.25) is 11.7 Å². The van der Waals surface area contributed by atoms with Gasteiger partial charge < -0.3 is 20.7 Å². The second kappa shape index (κ2) is 13.0. The van der Waals surface area contributed by atoms with Crippen LogP contribution < -0.4 is 16.0 Å². The van der Waals surface area contributed by atoms with Crippen LogP contribution in [0.4, 0.5) is 11.4 Å². The van der Waals surface area contributed by atoms with Gasteiger partial charge in [-0.15, -0.1) is 10.2 Å². The number of halogens is 1. The maximum atomic E-state index is 13.3. The van der Waals surface area contributed by atoms with Gasteiger partial charge in [0.1, 0.15) is 11.6 Å². The van der Waals surface area contributed by atoms with E-state index in [2.05, 4.69) is 36.6 Å². The van der Waals surface area contributed by atoms with Crippen molar-refractivity contribution in [2.75, 3.05) is 10.6 Å². The highest BCUT2D eigenvalue weighted by atomic mass is 35.5. The van der Waals surface area contributed by atoms with E-state index in [0.717, 1.165) is 5.56 Å². The van der Waals surface area contributed by atoms with Crippen LogP contribution in [0, 0.1) is 0 Å². The highest BCUT2D eigenvalue weighted by Crippen LogP contribution is 2.28. The number of hydrogen-bond donors (Lipinski definition) is 4. The molecule has 3 amide bonds. The molecule has 0 aliphatic rings. The van der Waals surface area contributed by atoms with Crippen LogP contribution in [0.2, 0.25) is 5.02 Å². The van der Waals surface area contributed by atoms with E-state index >= 15 is 0 Å². The van der Waals surface area contributed by atoms with Crippen LogP contribution in [-0.4, -0.2) is 56.0 Å². The molecular formula is C29H28ClN7O5. The molecule has 12 nitrogen and oxygen atoms in total. The van der Waals surface area contributed by atoms with E-state index in [-0.39, 0.29) is 17.9 Å². The summed E-state index contributed by atoms with van der Waals surface area (Å²) in [6, 6.07) is 18.6. The predicted molar refractivity (Wildman–Crippen MR) is 156 cm³/mol. The van der Waals surface area contributed by atoms with Crippen molar-refractivity contribution in [3.05, 3.63) is 88.9 Å². The molecule has 0 saturated carbocycles. The fraction of sp³-hybridized carbons (Fsp3) is 0.207. The summed E-state index contributed by atoms with van der Waals surface area (Å²) in [6.07, 6.45) is 0.104. The van der Waals surface area contributed by atoms with E-state index in [4.69, 9.17) is 16.3 Å². The summed E-state index contributed by atoms with van der Waals surface area (Å²) < 4.78 is 5.36. The average Bonchev–Trinajstić information content (AvgIpc) is 3.47. The van der Waals surface area contributed by atoms with Crippen LogP contribution in [0.15, 0.2) is 72.8 Å². The molecule has 0 spiro atoms. The number of rotatable bonds is 8. The summed E-state index contributed by atoms with van der Waals surface area (Å²) in [7, 11) is 0. The molecule has 13 heteroatoms. The Hall–Kier alpha value is -5.10. The molecular weight excluding hydrogens is 562 g/mol. The topological polar surface area (TPSA) is 168 Å². The number of carbonyl (C=O) groups is 4.